The number of ether oxygens (including phenoxy) is 1. The van der Waals surface area contributed by atoms with Gasteiger partial charge in [0.25, 0.3) is 0 Å². The van der Waals surface area contributed by atoms with Crippen LogP contribution in [0.3, 0.4) is 0 Å². The summed E-state index contributed by atoms with van der Waals surface area (Å²) in [6.07, 6.45) is 3.34. The van der Waals surface area contributed by atoms with Crippen molar-refractivity contribution < 1.29 is 65.8 Å². The number of nitrogens with two attached hydrogens (primary N) is 1. The fraction of sp³-hybridized carbons (Fsp3) is 0.462. The number of terminal acetylenes is 1. The van der Waals surface area contributed by atoms with Crippen LogP contribution >= 0.6 is 23.5 Å². The molecule has 22 heteroatoms. The van der Waals surface area contributed by atoms with Gasteiger partial charge >= 0.3 is 23.5 Å². The predicted molar refractivity (Wildman–Crippen MR) is 106 cm³/mol. The van der Waals surface area contributed by atoms with Crippen molar-refractivity contribution in [3.8, 4) is 12.3 Å². The smallest absolute Gasteiger partial charge is 0.382 e. The molecule has 4 rings (SSSR count). The normalized spacial score (nSPS) is 35.7. The summed E-state index contributed by atoms with van der Waals surface area (Å²) in [6.45, 7) is -1.69. The van der Waals surface area contributed by atoms with E-state index in [1.54, 1.807) is 0 Å². The summed E-state index contributed by atoms with van der Waals surface area (Å²) in [5.74, 6) is 1.73. The average Bonchev–Trinajstić information content (AvgIpc) is 3.00. The number of phosphoric ester groups is 1. The van der Waals surface area contributed by atoms with Crippen molar-refractivity contribution >= 4 is 40.4 Å². The highest BCUT2D eigenvalue weighted by Crippen LogP contribution is 2.74. The number of nitrogen functional groups attached to an aromatic ring is 1. The summed E-state index contributed by atoms with van der Waals surface area (Å²) >= 11 is 0. The number of fused-ring (bicyclic) bond motifs is 2. The number of anilines is 1. The van der Waals surface area contributed by atoms with Crippen LogP contribution in [0.4, 0.5) is 10.2 Å². The minimum absolute atomic E-state index is 0.0298. The molecule has 192 valence electrons. The molecule has 2 aromatic rings. The highest BCUT2D eigenvalue weighted by molar-refractivity contribution is 7.66. The number of rotatable bonds is 8. The van der Waals surface area contributed by atoms with Gasteiger partial charge in [0.05, 0.1) is 6.33 Å². The topological polar surface area (TPSA) is 279 Å². The second-order valence-electron chi connectivity index (χ2n) is 7.33. The Morgan fingerprint density at radius 1 is 1.17 bits per heavy atom. The first kappa shape index (κ1) is 26.2. The SMILES string of the molecule is C#C[C@]1(O)[C@H](n2cnc3c(N)ncnc32)O[C@]2(CF)C(OP(=O)(O)OP(=O)(O)OP(=O)(O)O)[C@@]21O. The summed E-state index contributed by atoms with van der Waals surface area (Å²) in [6, 6.07) is 0. The number of phosphoric acid groups is 3. The van der Waals surface area contributed by atoms with E-state index in [1.807, 2.05) is 5.92 Å². The van der Waals surface area contributed by atoms with Gasteiger partial charge in [0, 0.05) is 0 Å². The Balaban J connectivity index is 1.67. The van der Waals surface area contributed by atoms with Gasteiger partial charge in [0.2, 0.25) is 5.60 Å². The monoisotopic (exact) mass is 561 g/mol. The number of imidazole rings is 1. The molecule has 2 fully saturated rings. The molecule has 1 saturated carbocycles. The highest BCUT2D eigenvalue weighted by atomic mass is 31.3. The van der Waals surface area contributed by atoms with Gasteiger partial charge < -0.3 is 40.3 Å². The maximum absolute atomic E-state index is 14.2. The van der Waals surface area contributed by atoms with Gasteiger partial charge in [-0.1, -0.05) is 5.92 Å². The molecule has 0 aromatic carbocycles. The Morgan fingerprint density at radius 2 is 1.83 bits per heavy atom. The van der Waals surface area contributed by atoms with E-state index >= 15 is 0 Å². The van der Waals surface area contributed by atoms with Crippen molar-refractivity contribution in [2.45, 2.75) is 29.1 Å². The van der Waals surface area contributed by atoms with E-state index in [9.17, 15) is 38.1 Å². The highest BCUT2D eigenvalue weighted by Gasteiger charge is 2.95. The standard InChI is InChI=1S/C13H15FN5O13P3/c1-2-11(20)10(19-5-18-6-7(15)16-4-17-8(6)19)29-12(3-14)9(13(11,12)21)30-34(25,26)32-35(27,28)31-33(22,23)24/h1,4-5,9-10,20-21H,3H2,(H,25,26)(H,27,28)(H2,15,16,17)(H2,22,23,24)/t9?,10-,11+,12-,13+/m1/s1. The lowest BCUT2D eigenvalue weighted by Crippen LogP contribution is -2.50. The van der Waals surface area contributed by atoms with Crippen LogP contribution in [-0.4, -0.2) is 78.9 Å². The predicted octanol–water partition coefficient (Wildman–Crippen LogP) is -1.53. The van der Waals surface area contributed by atoms with Crippen molar-refractivity contribution in [1.82, 2.24) is 19.5 Å². The zero-order chi connectivity index (χ0) is 26.2. The molecule has 8 N–H and O–H groups in total. The Kier molecular flexibility index (Phi) is 5.85. The Hall–Kier alpha value is -1.87. The molecule has 18 nitrogen and oxygen atoms in total. The Morgan fingerprint density at radius 3 is 2.40 bits per heavy atom. The van der Waals surface area contributed by atoms with Gasteiger partial charge in [-0.25, -0.2) is 33.0 Å². The van der Waals surface area contributed by atoms with Gasteiger partial charge in [0.1, 0.15) is 24.6 Å². The van der Waals surface area contributed by atoms with Crippen LogP contribution in [0.2, 0.25) is 0 Å². The average molecular weight is 561 g/mol. The second kappa shape index (κ2) is 7.81. The minimum Gasteiger partial charge on any atom is -0.382 e. The van der Waals surface area contributed by atoms with Crippen molar-refractivity contribution in [3.63, 3.8) is 0 Å². The number of halogens is 1. The van der Waals surface area contributed by atoms with E-state index in [2.05, 4.69) is 28.1 Å². The van der Waals surface area contributed by atoms with Crippen LogP contribution < -0.4 is 5.73 Å². The molecule has 0 amide bonds. The van der Waals surface area contributed by atoms with Crippen LogP contribution in [0, 0.1) is 12.3 Å². The van der Waals surface area contributed by atoms with Crippen LogP contribution in [0.25, 0.3) is 11.2 Å². The molecule has 1 saturated heterocycles. The summed E-state index contributed by atoms with van der Waals surface area (Å²) in [7, 11) is -17.5. The lowest BCUT2D eigenvalue weighted by molar-refractivity contribution is -0.144. The largest absolute Gasteiger partial charge is 0.490 e. The second-order valence-corrected chi connectivity index (χ2v) is 11.7. The third kappa shape index (κ3) is 3.84. The first-order chi connectivity index (χ1) is 16.0. The fourth-order valence-corrected chi connectivity index (χ4v) is 7.13. The summed E-state index contributed by atoms with van der Waals surface area (Å²) < 4.78 is 66.7. The molecule has 2 aliphatic rings. The molecule has 2 aromatic heterocycles. The van der Waals surface area contributed by atoms with E-state index in [1.165, 1.54) is 0 Å². The van der Waals surface area contributed by atoms with Crippen molar-refractivity contribution in [3.05, 3.63) is 12.7 Å². The molecule has 3 heterocycles. The molecule has 1 aliphatic heterocycles. The lowest BCUT2D eigenvalue weighted by Gasteiger charge is -2.32. The fourth-order valence-electron chi connectivity index (χ4n) is 3.88. The van der Waals surface area contributed by atoms with Gasteiger partial charge in [0.15, 0.2) is 28.9 Å². The molecule has 35 heavy (non-hydrogen) atoms. The third-order valence-corrected chi connectivity index (χ3v) is 9.14. The summed E-state index contributed by atoms with van der Waals surface area (Å²) in [5.41, 5.74) is -2.83. The maximum atomic E-state index is 14.2. The zero-order valence-corrected chi connectivity index (χ0v) is 19.4. The molecule has 1 aliphatic carbocycles. The molecule has 0 bridgehead atoms. The van der Waals surface area contributed by atoms with E-state index in [0.717, 1.165) is 17.2 Å². The molecule has 0 radical (unpaired) electrons. The lowest BCUT2D eigenvalue weighted by atomic mass is 9.92. The van der Waals surface area contributed by atoms with Crippen molar-refractivity contribution in [2.24, 2.45) is 0 Å². The van der Waals surface area contributed by atoms with Crippen molar-refractivity contribution in [2.75, 3.05) is 12.4 Å². The number of hydrogen-bond acceptors (Lipinski definition) is 13. The number of alkyl halides is 1. The Bertz CT molecular complexity index is 1390. The Labute approximate surface area is 192 Å². The number of nitrogens with zero attached hydrogens (tertiary/aromatic N) is 4. The van der Waals surface area contributed by atoms with Crippen LogP contribution in [0.1, 0.15) is 6.23 Å². The van der Waals surface area contributed by atoms with E-state index < -0.39 is 59.3 Å². The van der Waals surface area contributed by atoms with Gasteiger partial charge in [-0.15, -0.1) is 6.42 Å². The van der Waals surface area contributed by atoms with Crippen molar-refractivity contribution in [1.29, 1.82) is 0 Å². The van der Waals surface area contributed by atoms with E-state index in [0.29, 0.717) is 0 Å². The maximum Gasteiger partial charge on any atom is 0.490 e. The first-order valence-electron chi connectivity index (χ1n) is 8.88. The van der Waals surface area contributed by atoms with Gasteiger partial charge in [-0.2, -0.15) is 8.62 Å². The zero-order valence-electron chi connectivity index (χ0n) is 16.7. The van der Waals surface area contributed by atoms with Crippen LogP contribution in [0.5, 0.6) is 0 Å². The number of hydrogen-bond donors (Lipinski definition) is 7. The number of aliphatic hydroxyl groups is 2. The van der Waals surface area contributed by atoms with Gasteiger partial charge in [-0.05, 0) is 0 Å². The molecule has 0 spiro atoms. The van der Waals surface area contributed by atoms with Crippen LogP contribution in [-0.2, 0) is 31.6 Å². The van der Waals surface area contributed by atoms with E-state index in [4.69, 9.17) is 26.7 Å². The first-order valence-corrected chi connectivity index (χ1v) is 13.4. The minimum atomic E-state index is -5.93. The number of aromatic nitrogens is 4. The molecule has 7 atom stereocenters. The molecular formula is C13H15FN5O13P3. The van der Waals surface area contributed by atoms with Crippen LogP contribution in [0.15, 0.2) is 12.7 Å². The third-order valence-electron chi connectivity index (χ3n) is 5.34. The quantitative estimate of drug-likeness (QED) is 0.142. The van der Waals surface area contributed by atoms with Gasteiger partial charge in [-0.3, -0.25) is 9.09 Å². The van der Waals surface area contributed by atoms with E-state index in [-0.39, 0.29) is 17.0 Å². The molecule has 3 unspecified atom stereocenters. The summed E-state index contributed by atoms with van der Waals surface area (Å²) in [4.78, 5) is 47.8. The molecular weight excluding hydrogens is 546 g/mol. The summed E-state index contributed by atoms with van der Waals surface area (Å²) in [5, 5.41) is 22.2.